The lowest BCUT2D eigenvalue weighted by Gasteiger charge is -2.11. The molecule has 2 fully saturated rings. The Labute approximate surface area is 100 Å². The van der Waals surface area contributed by atoms with Gasteiger partial charge >= 0.3 is 0 Å². The van der Waals surface area contributed by atoms with Gasteiger partial charge < -0.3 is 21.1 Å². The molecule has 6 heteroatoms. The zero-order chi connectivity index (χ0) is 12.3. The summed E-state index contributed by atoms with van der Waals surface area (Å²) in [5.74, 6) is 0.188. The van der Waals surface area contributed by atoms with Crippen molar-refractivity contribution in [3.63, 3.8) is 0 Å². The first-order valence-electron chi connectivity index (χ1n) is 6.13. The van der Waals surface area contributed by atoms with Crippen LogP contribution in [0.15, 0.2) is 0 Å². The number of aliphatic hydroxyl groups is 1. The summed E-state index contributed by atoms with van der Waals surface area (Å²) in [5.41, 5.74) is 0. The Morgan fingerprint density at radius 1 is 1.18 bits per heavy atom. The molecule has 2 aliphatic rings. The summed E-state index contributed by atoms with van der Waals surface area (Å²) in [6.07, 6.45) is 2.00. The van der Waals surface area contributed by atoms with Crippen LogP contribution < -0.4 is 16.0 Å². The molecular formula is C11H19N3O3. The Morgan fingerprint density at radius 3 is 2.35 bits per heavy atom. The standard InChI is InChI=1S/C11H19N3O3/c15-8-5-9(14-6-8)11(17)13-4-3-12-10(16)7-1-2-7/h7-9,14-15H,1-6H2,(H,12,16)(H,13,17). The zero-order valence-electron chi connectivity index (χ0n) is 9.74. The Morgan fingerprint density at radius 2 is 1.82 bits per heavy atom. The highest BCUT2D eigenvalue weighted by atomic mass is 16.3. The molecule has 96 valence electrons. The van der Waals surface area contributed by atoms with Crippen LogP contribution in [0.4, 0.5) is 0 Å². The van der Waals surface area contributed by atoms with Crippen LogP contribution in [-0.2, 0) is 9.59 Å². The van der Waals surface area contributed by atoms with Crippen molar-refractivity contribution in [1.82, 2.24) is 16.0 Å². The third-order valence-corrected chi connectivity index (χ3v) is 3.10. The van der Waals surface area contributed by atoms with E-state index in [9.17, 15) is 14.7 Å². The number of nitrogens with one attached hydrogen (secondary N) is 3. The third kappa shape index (κ3) is 3.67. The number of carbonyl (C=O) groups excluding carboxylic acids is 2. The molecule has 4 N–H and O–H groups in total. The lowest BCUT2D eigenvalue weighted by atomic mass is 10.2. The van der Waals surface area contributed by atoms with Gasteiger partial charge in [-0.05, 0) is 19.3 Å². The minimum Gasteiger partial charge on any atom is -0.392 e. The van der Waals surface area contributed by atoms with Gasteiger partial charge in [-0.3, -0.25) is 9.59 Å². The van der Waals surface area contributed by atoms with Gasteiger partial charge in [-0.15, -0.1) is 0 Å². The van der Waals surface area contributed by atoms with Crippen LogP contribution in [0.25, 0.3) is 0 Å². The van der Waals surface area contributed by atoms with E-state index in [0.717, 1.165) is 12.8 Å². The number of carbonyl (C=O) groups is 2. The van der Waals surface area contributed by atoms with Crippen LogP contribution in [0.3, 0.4) is 0 Å². The molecule has 17 heavy (non-hydrogen) atoms. The van der Waals surface area contributed by atoms with E-state index in [-0.39, 0.29) is 23.8 Å². The minimum absolute atomic E-state index is 0.0914. The summed E-state index contributed by atoms with van der Waals surface area (Å²) in [7, 11) is 0. The van der Waals surface area contributed by atoms with Crippen LogP contribution in [-0.4, -0.2) is 48.7 Å². The van der Waals surface area contributed by atoms with Crippen LogP contribution >= 0.6 is 0 Å². The maximum Gasteiger partial charge on any atom is 0.237 e. The van der Waals surface area contributed by atoms with Crippen molar-refractivity contribution in [1.29, 1.82) is 0 Å². The fourth-order valence-electron chi connectivity index (χ4n) is 1.90. The van der Waals surface area contributed by atoms with Crippen LogP contribution in [0.1, 0.15) is 19.3 Å². The van der Waals surface area contributed by atoms with Gasteiger partial charge in [0.25, 0.3) is 0 Å². The average molecular weight is 241 g/mol. The molecule has 0 bridgehead atoms. The molecule has 1 saturated heterocycles. The number of amides is 2. The van der Waals surface area contributed by atoms with E-state index >= 15 is 0 Å². The highest BCUT2D eigenvalue weighted by Gasteiger charge is 2.29. The number of β-amino-alcohol motifs (C(OH)–C–C–N with tert-alkyl or cyclic N) is 1. The maximum atomic E-state index is 11.6. The molecule has 2 rings (SSSR count). The van der Waals surface area contributed by atoms with E-state index in [1.54, 1.807) is 0 Å². The Balaban J connectivity index is 1.55. The first-order valence-corrected chi connectivity index (χ1v) is 6.13. The lowest BCUT2D eigenvalue weighted by Crippen LogP contribution is -2.43. The first-order chi connectivity index (χ1) is 8.16. The molecule has 0 radical (unpaired) electrons. The Kier molecular flexibility index (Phi) is 3.96. The van der Waals surface area contributed by atoms with Crippen LogP contribution in [0.5, 0.6) is 0 Å². The van der Waals surface area contributed by atoms with Crippen molar-refractivity contribution in [2.75, 3.05) is 19.6 Å². The van der Waals surface area contributed by atoms with E-state index in [1.807, 2.05) is 0 Å². The normalized spacial score (nSPS) is 27.8. The second-order valence-electron chi connectivity index (χ2n) is 4.71. The molecule has 0 aromatic heterocycles. The van der Waals surface area contributed by atoms with Gasteiger partial charge in [0.1, 0.15) is 0 Å². The number of aliphatic hydroxyl groups excluding tert-OH is 1. The van der Waals surface area contributed by atoms with Crippen molar-refractivity contribution in [3.05, 3.63) is 0 Å². The van der Waals surface area contributed by atoms with E-state index < -0.39 is 6.10 Å². The quantitative estimate of drug-likeness (QED) is 0.434. The SMILES string of the molecule is O=C(NCCNC(=O)C1CC(O)CN1)C1CC1. The third-order valence-electron chi connectivity index (χ3n) is 3.10. The number of rotatable bonds is 5. The molecule has 6 nitrogen and oxygen atoms in total. The van der Waals surface area contributed by atoms with Gasteiger partial charge in [0.2, 0.25) is 11.8 Å². The Hall–Kier alpha value is -1.14. The molecule has 2 atom stereocenters. The van der Waals surface area contributed by atoms with Crippen molar-refractivity contribution >= 4 is 11.8 Å². The van der Waals surface area contributed by atoms with Crippen LogP contribution in [0.2, 0.25) is 0 Å². The zero-order valence-corrected chi connectivity index (χ0v) is 9.74. The predicted molar refractivity (Wildman–Crippen MR) is 61.2 cm³/mol. The predicted octanol–water partition coefficient (Wildman–Crippen LogP) is -1.65. The first kappa shape index (κ1) is 12.3. The van der Waals surface area contributed by atoms with Gasteiger partial charge in [-0.25, -0.2) is 0 Å². The van der Waals surface area contributed by atoms with Gasteiger partial charge in [0.05, 0.1) is 12.1 Å². The fourth-order valence-corrected chi connectivity index (χ4v) is 1.90. The highest BCUT2D eigenvalue weighted by Crippen LogP contribution is 2.28. The van der Waals surface area contributed by atoms with E-state index in [0.29, 0.717) is 26.1 Å². The molecule has 0 spiro atoms. The molecule has 1 heterocycles. The van der Waals surface area contributed by atoms with Gasteiger partial charge in [0.15, 0.2) is 0 Å². The van der Waals surface area contributed by atoms with Crippen molar-refractivity contribution < 1.29 is 14.7 Å². The van der Waals surface area contributed by atoms with Gasteiger partial charge in [-0.2, -0.15) is 0 Å². The molecule has 2 unspecified atom stereocenters. The van der Waals surface area contributed by atoms with Crippen LogP contribution in [0, 0.1) is 5.92 Å². The maximum absolute atomic E-state index is 11.6. The largest absolute Gasteiger partial charge is 0.392 e. The topological polar surface area (TPSA) is 90.5 Å². The summed E-state index contributed by atoms with van der Waals surface area (Å²) in [6.45, 7) is 1.37. The summed E-state index contributed by atoms with van der Waals surface area (Å²) >= 11 is 0. The van der Waals surface area contributed by atoms with E-state index in [1.165, 1.54) is 0 Å². The van der Waals surface area contributed by atoms with Crippen molar-refractivity contribution in [3.8, 4) is 0 Å². The lowest BCUT2D eigenvalue weighted by molar-refractivity contribution is -0.124. The summed E-state index contributed by atoms with van der Waals surface area (Å²) in [4.78, 5) is 22.9. The molecular weight excluding hydrogens is 222 g/mol. The summed E-state index contributed by atoms with van der Waals surface area (Å²) in [6, 6.07) is -0.302. The molecule has 1 aliphatic heterocycles. The average Bonchev–Trinajstić information content (AvgIpc) is 3.07. The second kappa shape index (κ2) is 5.46. The molecule has 2 amide bonds. The highest BCUT2D eigenvalue weighted by molar-refractivity contribution is 5.82. The molecule has 1 saturated carbocycles. The monoisotopic (exact) mass is 241 g/mol. The second-order valence-corrected chi connectivity index (χ2v) is 4.71. The fraction of sp³-hybridized carbons (Fsp3) is 0.818. The Bertz CT molecular complexity index is 304. The van der Waals surface area contributed by atoms with Gasteiger partial charge in [-0.1, -0.05) is 0 Å². The molecule has 0 aromatic rings. The number of hydrogen-bond acceptors (Lipinski definition) is 4. The summed E-state index contributed by atoms with van der Waals surface area (Å²) < 4.78 is 0. The van der Waals surface area contributed by atoms with Crippen molar-refractivity contribution in [2.45, 2.75) is 31.4 Å². The molecule has 1 aliphatic carbocycles. The van der Waals surface area contributed by atoms with Gasteiger partial charge in [0, 0.05) is 25.6 Å². The molecule has 0 aromatic carbocycles. The van der Waals surface area contributed by atoms with E-state index in [4.69, 9.17) is 0 Å². The minimum atomic E-state index is -0.430. The van der Waals surface area contributed by atoms with E-state index in [2.05, 4.69) is 16.0 Å². The smallest absolute Gasteiger partial charge is 0.237 e. The summed E-state index contributed by atoms with van der Waals surface area (Å²) in [5, 5.41) is 17.7. The number of hydrogen-bond donors (Lipinski definition) is 4. The van der Waals surface area contributed by atoms with Crippen molar-refractivity contribution in [2.24, 2.45) is 5.92 Å².